The molecule has 1 aliphatic rings. The van der Waals surface area contributed by atoms with Crippen molar-refractivity contribution in [3.8, 4) is 0 Å². The maximum Gasteiger partial charge on any atom is 0.320 e. The molecule has 4 nitrogen and oxygen atoms in total. The molecule has 0 aromatic heterocycles. The highest BCUT2D eigenvalue weighted by molar-refractivity contribution is 9.10. The molecule has 0 saturated carbocycles. The van der Waals surface area contributed by atoms with Gasteiger partial charge in [0, 0.05) is 30.7 Å². The molecule has 2 N–H and O–H groups in total. The lowest BCUT2D eigenvalue weighted by Crippen LogP contribution is -2.38. The van der Waals surface area contributed by atoms with Crippen LogP contribution in [0, 0.1) is 0 Å². The number of rotatable bonds is 3. The number of urea groups is 1. The number of benzene rings is 1. The Labute approximate surface area is 116 Å². The number of carbonyl (C=O) groups excluding carboxylic acids is 1. The molecule has 1 heterocycles. The summed E-state index contributed by atoms with van der Waals surface area (Å²) < 4.78 is 1.03. The first-order chi connectivity index (χ1) is 8.49. The quantitative estimate of drug-likeness (QED) is 0.930. The van der Waals surface area contributed by atoms with Gasteiger partial charge in [-0.05, 0) is 24.6 Å². The van der Waals surface area contributed by atoms with Gasteiger partial charge in [-0.3, -0.25) is 0 Å². The van der Waals surface area contributed by atoms with Crippen molar-refractivity contribution in [1.29, 1.82) is 0 Å². The van der Waals surface area contributed by atoms with E-state index in [0.29, 0.717) is 13.1 Å². The van der Waals surface area contributed by atoms with Crippen molar-refractivity contribution in [1.82, 2.24) is 9.80 Å². The minimum atomic E-state index is 0.00334. The molecule has 1 fully saturated rings. The number of halogens is 1. The second kappa shape index (κ2) is 5.28. The van der Waals surface area contributed by atoms with Gasteiger partial charge in [0.2, 0.25) is 0 Å². The minimum Gasteiger partial charge on any atom is -0.326 e. The Hall–Kier alpha value is -1.07. The summed E-state index contributed by atoms with van der Waals surface area (Å²) in [5, 5.41) is 0. The zero-order valence-electron chi connectivity index (χ0n) is 10.6. The fraction of sp³-hybridized carbons (Fsp3) is 0.462. The molecule has 0 radical (unpaired) electrons. The molecule has 0 aliphatic carbocycles. The molecule has 1 saturated heterocycles. The Morgan fingerprint density at radius 3 is 2.89 bits per heavy atom. The smallest absolute Gasteiger partial charge is 0.320 e. The van der Waals surface area contributed by atoms with E-state index < -0.39 is 0 Å². The molecule has 1 aromatic carbocycles. The lowest BCUT2D eigenvalue weighted by Gasteiger charge is -2.18. The molecule has 2 unspecified atom stereocenters. The van der Waals surface area contributed by atoms with Crippen molar-refractivity contribution >= 4 is 22.0 Å². The van der Waals surface area contributed by atoms with Gasteiger partial charge in [0.15, 0.2) is 0 Å². The van der Waals surface area contributed by atoms with Crippen molar-refractivity contribution in [3.63, 3.8) is 0 Å². The number of hydrogen-bond donors (Lipinski definition) is 1. The first-order valence-electron chi connectivity index (χ1n) is 6.02. The third-order valence-corrected chi connectivity index (χ3v) is 3.67. The Balaban J connectivity index is 2.18. The monoisotopic (exact) mass is 311 g/mol. The first-order valence-corrected chi connectivity index (χ1v) is 6.81. The van der Waals surface area contributed by atoms with Crippen LogP contribution in [0.1, 0.15) is 18.5 Å². The molecule has 1 aromatic rings. The second-order valence-corrected chi connectivity index (χ2v) is 5.76. The molecule has 1 aliphatic heterocycles. The van der Waals surface area contributed by atoms with E-state index >= 15 is 0 Å². The minimum absolute atomic E-state index is 0.00334. The summed E-state index contributed by atoms with van der Waals surface area (Å²) in [5.41, 5.74) is 6.91. The van der Waals surface area contributed by atoms with E-state index in [0.717, 1.165) is 10.0 Å². The van der Waals surface area contributed by atoms with Crippen LogP contribution in [0.3, 0.4) is 0 Å². The average molecular weight is 312 g/mol. The Bertz CT molecular complexity index is 450. The largest absolute Gasteiger partial charge is 0.326 e. The number of nitrogens with two attached hydrogens (primary N) is 1. The highest BCUT2D eigenvalue weighted by Gasteiger charge is 2.35. The number of likely N-dealkylation sites (N-methyl/N-ethyl adjacent to an activating group) is 1. The molecule has 2 amide bonds. The average Bonchev–Trinajstić information content (AvgIpc) is 2.57. The third-order valence-electron chi connectivity index (χ3n) is 3.17. The van der Waals surface area contributed by atoms with Gasteiger partial charge in [-0.15, -0.1) is 0 Å². The highest BCUT2D eigenvalue weighted by Crippen LogP contribution is 2.29. The number of amides is 2. The van der Waals surface area contributed by atoms with Gasteiger partial charge in [0.1, 0.15) is 0 Å². The van der Waals surface area contributed by atoms with Crippen LogP contribution in [0.4, 0.5) is 4.79 Å². The van der Waals surface area contributed by atoms with E-state index in [1.165, 1.54) is 0 Å². The standard InChI is InChI=1S/C13H18BrN3O/c1-9(15)7-17-8-12(16(2)13(17)18)10-4-3-5-11(14)6-10/h3-6,9,12H,7-8,15H2,1-2H3. The van der Waals surface area contributed by atoms with Crippen molar-refractivity contribution in [2.75, 3.05) is 20.1 Å². The Morgan fingerprint density at radius 2 is 2.28 bits per heavy atom. The zero-order valence-corrected chi connectivity index (χ0v) is 12.2. The van der Waals surface area contributed by atoms with Gasteiger partial charge < -0.3 is 15.5 Å². The van der Waals surface area contributed by atoms with Crippen molar-refractivity contribution < 1.29 is 4.79 Å². The van der Waals surface area contributed by atoms with Crippen LogP contribution in [0.5, 0.6) is 0 Å². The van der Waals surface area contributed by atoms with Gasteiger partial charge in [-0.2, -0.15) is 0 Å². The zero-order chi connectivity index (χ0) is 13.3. The van der Waals surface area contributed by atoms with Crippen LogP contribution in [-0.2, 0) is 0 Å². The normalized spacial score (nSPS) is 21.6. The van der Waals surface area contributed by atoms with Crippen LogP contribution in [-0.4, -0.2) is 42.0 Å². The van der Waals surface area contributed by atoms with Crippen LogP contribution < -0.4 is 5.73 Å². The number of hydrogen-bond acceptors (Lipinski definition) is 2. The first kappa shape index (κ1) is 13.4. The van der Waals surface area contributed by atoms with Crippen LogP contribution >= 0.6 is 15.9 Å². The molecule has 0 spiro atoms. The number of carbonyl (C=O) groups is 1. The van der Waals surface area contributed by atoms with E-state index in [2.05, 4.69) is 28.1 Å². The molecule has 98 valence electrons. The fourth-order valence-corrected chi connectivity index (χ4v) is 2.73. The van der Waals surface area contributed by atoms with Crippen LogP contribution in [0.2, 0.25) is 0 Å². The highest BCUT2D eigenvalue weighted by atomic mass is 79.9. The summed E-state index contributed by atoms with van der Waals surface area (Å²) in [6.07, 6.45) is 0. The summed E-state index contributed by atoms with van der Waals surface area (Å²) in [5.74, 6) is 0. The summed E-state index contributed by atoms with van der Waals surface area (Å²) in [6.45, 7) is 3.22. The van der Waals surface area contributed by atoms with E-state index in [-0.39, 0.29) is 18.1 Å². The van der Waals surface area contributed by atoms with Gasteiger partial charge in [-0.25, -0.2) is 4.79 Å². The molecular formula is C13H18BrN3O. The van der Waals surface area contributed by atoms with E-state index in [1.807, 2.05) is 31.0 Å². The van der Waals surface area contributed by atoms with Gasteiger partial charge in [-0.1, -0.05) is 28.1 Å². The SMILES string of the molecule is CC(N)CN1CC(c2cccc(Br)c2)N(C)C1=O. The van der Waals surface area contributed by atoms with E-state index in [9.17, 15) is 4.79 Å². The summed E-state index contributed by atoms with van der Waals surface area (Å²) in [7, 11) is 1.84. The lowest BCUT2D eigenvalue weighted by molar-refractivity contribution is 0.194. The predicted molar refractivity (Wildman–Crippen MR) is 75.3 cm³/mol. The summed E-state index contributed by atoms with van der Waals surface area (Å²) >= 11 is 3.46. The van der Waals surface area contributed by atoms with Gasteiger partial charge >= 0.3 is 6.03 Å². The van der Waals surface area contributed by atoms with E-state index in [1.54, 1.807) is 4.90 Å². The summed E-state index contributed by atoms with van der Waals surface area (Å²) in [6, 6.07) is 8.25. The van der Waals surface area contributed by atoms with Gasteiger partial charge in [0.25, 0.3) is 0 Å². The fourth-order valence-electron chi connectivity index (χ4n) is 2.31. The molecule has 2 rings (SSSR count). The molecular weight excluding hydrogens is 294 g/mol. The maximum absolute atomic E-state index is 12.1. The van der Waals surface area contributed by atoms with Gasteiger partial charge in [0.05, 0.1) is 6.04 Å². The van der Waals surface area contributed by atoms with Crippen molar-refractivity contribution in [3.05, 3.63) is 34.3 Å². The van der Waals surface area contributed by atoms with Crippen LogP contribution in [0.15, 0.2) is 28.7 Å². The third kappa shape index (κ3) is 2.67. The summed E-state index contributed by atoms with van der Waals surface area (Å²) in [4.78, 5) is 15.7. The molecule has 5 heteroatoms. The topological polar surface area (TPSA) is 49.6 Å². The molecule has 2 atom stereocenters. The lowest BCUT2D eigenvalue weighted by atomic mass is 10.1. The predicted octanol–water partition coefficient (Wildman–Crippen LogP) is 2.20. The van der Waals surface area contributed by atoms with Crippen LogP contribution in [0.25, 0.3) is 0 Å². The van der Waals surface area contributed by atoms with Crippen molar-refractivity contribution in [2.24, 2.45) is 5.73 Å². The maximum atomic E-state index is 12.1. The Kier molecular flexibility index (Phi) is 3.92. The second-order valence-electron chi connectivity index (χ2n) is 4.85. The molecule has 0 bridgehead atoms. The Morgan fingerprint density at radius 1 is 1.56 bits per heavy atom. The van der Waals surface area contributed by atoms with Crippen molar-refractivity contribution in [2.45, 2.75) is 19.0 Å². The molecule has 18 heavy (non-hydrogen) atoms. The van der Waals surface area contributed by atoms with E-state index in [4.69, 9.17) is 5.73 Å². The number of nitrogens with zero attached hydrogens (tertiary/aromatic N) is 2.